The zero-order chi connectivity index (χ0) is 26.0. The van der Waals surface area contributed by atoms with E-state index in [1.54, 1.807) is 6.07 Å². The average Bonchev–Trinajstić information content (AvgIpc) is 3.14. The van der Waals surface area contributed by atoms with Gasteiger partial charge in [0.25, 0.3) is 0 Å². The fourth-order valence-electron chi connectivity index (χ4n) is 6.12. The first kappa shape index (κ1) is 24.7. The molecule has 6 rings (SSSR count). The number of benzene rings is 1. The fourth-order valence-corrected chi connectivity index (χ4v) is 8.26. The van der Waals surface area contributed by atoms with Crippen LogP contribution >= 0.6 is 0 Å². The van der Waals surface area contributed by atoms with Gasteiger partial charge in [-0.15, -0.1) is 0 Å². The maximum atomic E-state index is 13.6. The van der Waals surface area contributed by atoms with E-state index in [-0.39, 0.29) is 22.5 Å². The number of rotatable bonds is 5. The molecule has 1 spiro atoms. The summed E-state index contributed by atoms with van der Waals surface area (Å²) in [6, 6.07) is 8.30. The zero-order valence-corrected chi connectivity index (χ0v) is 21.4. The predicted octanol–water partition coefficient (Wildman–Crippen LogP) is 3.32. The van der Waals surface area contributed by atoms with Crippen LogP contribution in [0.25, 0.3) is 5.65 Å². The topological polar surface area (TPSA) is 67.2 Å². The largest absolute Gasteiger partial charge is 0.416 e. The van der Waals surface area contributed by atoms with Crippen LogP contribution < -0.4 is 4.90 Å². The molecule has 1 aromatic carbocycles. The van der Waals surface area contributed by atoms with E-state index in [2.05, 4.69) is 9.80 Å². The highest BCUT2D eigenvalue weighted by atomic mass is 32.2. The molecule has 3 aliphatic heterocycles. The number of likely N-dealkylation sites (tertiary alicyclic amines) is 1. The van der Waals surface area contributed by atoms with Gasteiger partial charge in [0.05, 0.1) is 47.4 Å². The van der Waals surface area contributed by atoms with E-state index in [0.717, 1.165) is 41.9 Å². The predicted molar refractivity (Wildman–Crippen MR) is 134 cm³/mol. The minimum absolute atomic E-state index is 0.140. The summed E-state index contributed by atoms with van der Waals surface area (Å²) in [5.74, 6) is 0.474. The van der Waals surface area contributed by atoms with Crippen molar-refractivity contribution >= 4 is 21.2 Å². The van der Waals surface area contributed by atoms with Crippen molar-refractivity contribution in [2.24, 2.45) is 5.41 Å². The molecule has 0 amide bonds. The summed E-state index contributed by atoms with van der Waals surface area (Å²) in [6.07, 6.45) is -2.08. The first-order valence-corrected chi connectivity index (χ1v) is 14.3. The maximum absolute atomic E-state index is 13.6. The van der Waals surface area contributed by atoms with Gasteiger partial charge in [-0.1, -0.05) is 12.1 Å². The fraction of sp³-hybridized carbons (Fsp3) is 0.500. The molecular formula is C26H29F3N4O3S. The van der Waals surface area contributed by atoms with Crippen LogP contribution in [0.15, 0.2) is 36.5 Å². The molecule has 3 fully saturated rings. The van der Waals surface area contributed by atoms with E-state index in [4.69, 9.17) is 9.72 Å². The van der Waals surface area contributed by atoms with Crippen LogP contribution in [0.2, 0.25) is 0 Å². The van der Waals surface area contributed by atoms with Crippen molar-refractivity contribution < 1.29 is 26.3 Å². The summed E-state index contributed by atoms with van der Waals surface area (Å²) in [5.41, 5.74) is 3.51. The van der Waals surface area contributed by atoms with E-state index in [1.807, 2.05) is 22.7 Å². The van der Waals surface area contributed by atoms with Crippen molar-refractivity contribution in [1.29, 1.82) is 0 Å². The summed E-state index contributed by atoms with van der Waals surface area (Å²) in [7, 11) is -2.90. The molecule has 0 atom stereocenters. The number of alkyl halides is 3. The van der Waals surface area contributed by atoms with Gasteiger partial charge in [0.2, 0.25) is 0 Å². The summed E-state index contributed by atoms with van der Waals surface area (Å²) >= 11 is 0. The van der Waals surface area contributed by atoms with Gasteiger partial charge < -0.3 is 14.0 Å². The molecule has 7 nitrogen and oxygen atoms in total. The molecule has 0 radical (unpaired) electrons. The molecule has 0 saturated carbocycles. The summed E-state index contributed by atoms with van der Waals surface area (Å²) in [5, 5.41) is 0. The lowest BCUT2D eigenvalue weighted by Crippen LogP contribution is -2.67. The van der Waals surface area contributed by atoms with Gasteiger partial charge in [0.15, 0.2) is 9.84 Å². The molecule has 3 saturated heterocycles. The number of imidazole rings is 1. The second-order valence-electron chi connectivity index (χ2n) is 10.7. The maximum Gasteiger partial charge on any atom is 0.416 e. The van der Waals surface area contributed by atoms with Crippen LogP contribution in [-0.2, 0) is 33.7 Å². The molecule has 3 aliphatic rings. The minimum Gasteiger partial charge on any atom is -0.378 e. The van der Waals surface area contributed by atoms with Crippen molar-refractivity contribution in [2.75, 3.05) is 55.8 Å². The molecule has 198 valence electrons. The Morgan fingerprint density at radius 2 is 1.81 bits per heavy atom. The number of morpholine rings is 1. The Balaban J connectivity index is 1.35. The number of nitrogens with zero attached hydrogens (tertiary/aromatic N) is 4. The molecule has 37 heavy (non-hydrogen) atoms. The number of halogens is 3. The number of hydrogen-bond donors (Lipinski definition) is 0. The molecule has 0 aliphatic carbocycles. The smallest absolute Gasteiger partial charge is 0.378 e. The number of pyridine rings is 1. The number of sulfone groups is 1. The third kappa shape index (κ3) is 4.61. The lowest BCUT2D eigenvalue weighted by molar-refractivity contribution is -0.138. The molecule has 2 aromatic heterocycles. The van der Waals surface area contributed by atoms with E-state index in [0.29, 0.717) is 44.8 Å². The normalized spacial score (nSPS) is 21.2. The average molecular weight is 535 g/mol. The van der Waals surface area contributed by atoms with Gasteiger partial charge in [0.1, 0.15) is 5.65 Å². The Morgan fingerprint density at radius 3 is 2.49 bits per heavy atom. The first-order chi connectivity index (χ1) is 17.5. The van der Waals surface area contributed by atoms with Crippen molar-refractivity contribution in [3.8, 4) is 0 Å². The van der Waals surface area contributed by atoms with Crippen molar-refractivity contribution in [3.63, 3.8) is 0 Å². The molecule has 0 bridgehead atoms. The third-order valence-corrected chi connectivity index (χ3v) is 9.92. The van der Waals surface area contributed by atoms with E-state index in [1.165, 1.54) is 13.0 Å². The van der Waals surface area contributed by atoms with Crippen LogP contribution in [0.3, 0.4) is 0 Å². The second kappa shape index (κ2) is 8.71. The van der Waals surface area contributed by atoms with Crippen LogP contribution in [-0.4, -0.2) is 73.6 Å². The molecule has 11 heteroatoms. The number of ether oxygens (including phenoxy) is 1. The van der Waals surface area contributed by atoms with Crippen LogP contribution in [0, 0.1) is 12.3 Å². The Morgan fingerprint density at radius 1 is 1.08 bits per heavy atom. The summed E-state index contributed by atoms with van der Waals surface area (Å²) < 4.78 is 71.7. The monoisotopic (exact) mass is 534 g/mol. The van der Waals surface area contributed by atoms with Crippen LogP contribution in [0.4, 0.5) is 18.9 Å². The SMILES string of the molecule is Cc1c(Cc2c(CN3CC4(C3)CS(=O)(=O)C4)nc3ccc(N4CCOCC4)cn23)cccc1C(F)(F)F. The van der Waals surface area contributed by atoms with Crippen molar-refractivity contribution in [3.05, 3.63) is 64.6 Å². The van der Waals surface area contributed by atoms with Crippen LogP contribution in [0.5, 0.6) is 0 Å². The van der Waals surface area contributed by atoms with Crippen LogP contribution in [0.1, 0.15) is 28.1 Å². The van der Waals surface area contributed by atoms with E-state index < -0.39 is 21.6 Å². The molecule has 0 unspecified atom stereocenters. The molecule has 3 aromatic rings. The number of anilines is 1. The minimum atomic E-state index is -4.42. The zero-order valence-electron chi connectivity index (χ0n) is 20.6. The van der Waals surface area contributed by atoms with E-state index in [9.17, 15) is 21.6 Å². The Bertz CT molecular complexity index is 1440. The van der Waals surface area contributed by atoms with Gasteiger partial charge in [0, 0.05) is 50.8 Å². The highest BCUT2D eigenvalue weighted by molar-refractivity contribution is 7.92. The lowest BCUT2D eigenvalue weighted by atomic mass is 9.82. The Kier molecular flexibility index (Phi) is 5.81. The summed E-state index contributed by atoms with van der Waals surface area (Å²) in [6.45, 7) is 6.29. The van der Waals surface area contributed by atoms with Crippen molar-refractivity contribution in [2.45, 2.75) is 26.1 Å². The molecule has 5 heterocycles. The van der Waals surface area contributed by atoms with Gasteiger partial charge in [-0.25, -0.2) is 13.4 Å². The van der Waals surface area contributed by atoms with Crippen molar-refractivity contribution in [1.82, 2.24) is 14.3 Å². The third-order valence-electron chi connectivity index (χ3n) is 7.81. The van der Waals surface area contributed by atoms with Gasteiger partial charge in [-0.2, -0.15) is 13.2 Å². The quantitative estimate of drug-likeness (QED) is 0.501. The molecule has 0 N–H and O–H groups in total. The number of hydrogen-bond acceptors (Lipinski definition) is 6. The highest BCUT2D eigenvalue weighted by Gasteiger charge is 2.55. The van der Waals surface area contributed by atoms with Gasteiger partial charge in [-0.3, -0.25) is 4.90 Å². The standard InChI is InChI=1S/C26H29F3N4O3S/c1-18-19(3-2-4-21(18)26(27,28)29)11-23-22(13-31-14-25(15-31)16-37(34,35)17-25)30-24-6-5-20(12-33(23)24)32-7-9-36-10-8-32/h2-6,12H,7-11,13-17H2,1H3. The Labute approximate surface area is 213 Å². The lowest BCUT2D eigenvalue weighted by Gasteiger charge is -2.54. The second-order valence-corrected chi connectivity index (χ2v) is 12.7. The first-order valence-electron chi connectivity index (χ1n) is 12.4. The van der Waals surface area contributed by atoms with Gasteiger partial charge >= 0.3 is 6.18 Å². The number of aromatic nitrogens is 2. The Hall–Kier alpha value is -2.63. The van der Waals surface area contributed by atoms with E-state index >= 15 is 0 Å². The van der Waals surface area contributed by atoms with Gasteiger partial charge in [-0.05, 0) is 36.2 Å². The summed E-state index contributed by atoms with van der Waals surface area (Å²) in [4.78, 5) is 9.29. The number of fused-ring (bicyclic) bond motifs is 1. The highest BCUT2D eigenvalue weighted by Crippen LogP contribution is 2.42. The molecular weight excluding hydrogens is 505 g/mol.